The lowest BCUT2D eigenvalue weighted by molar-refractivity contribution is -0.128. The highest BCUT2D eigenvalue weighted by Gasteiger charge is 2.32. The molecule has 0 aliphatic carbocycles. The molecule has 6 nitrogen and oxygen atoms in total. The van der Waals surface area contributed by atoms with Crippen molar-refractivity contribution in [1.29, 1.82) is 0 Å². The van der Waals surface area contributed by atoms with Gasteiger partial charge in [-0.3, -0.25) is 14.4 Å². The highest BCUT2D eigenvalue weighted by Crippen LogP contribution is 2.38. The van der Waals surface area contributed by atoms with E-state index >= 15 is 0 Å². The molecule has 1 atom stereocenters. The molecular weight excluding hydrogens is 458 g/mol. The number of nitrogens with one attached hydrogen (secondary N) is 2. The lowest BCUT2D eigenvalue weighted by atomic mass is 10.1. The molecule has 1 aliphatic rings. The van der Waals surface area contributed by atoms with Crippen molar-refractivity contribution in [1.82, 2.24) is 10.2 Å². The molecule has 1 unspecified atom stereocenters. The van der Waals surface area contributed by atoms with E-state index in [1.54, 1.807) is 54.2 Å². The Balaban J connectivity index is 1.43. The summed E-state index contributed by atoms with van der Waals surface area (Å²) < 4.78 is 0. The van der Waals surface area contributed by atoms with Gasteiger partial charge < -0.3 is 15.5 Å². The second-order valence-corrected chi connectivity index (χ2v) is 9.18. The van der Waals surface area contributed by atoms with Crippen LogP contribution in [0, 0.1) is 0 Å². The second kappa shape index (κ2) is 11.5. The minimum absolute atomic E-state index is 0.0717. The fourth-order valence-electron chi connectivity index (χ4n) is 3.91. The molecule has 0 bridgehead atoms. The molecular formula is C28H27N3O3S. The third-order valence-electron chi connectivity index (χ3n) is 5.74. The third kappa shape index (κ3) is 6.00. The van der Waals surface area contributed by atoms with Gasteiger partial charge in [0.05, 0.1) is 17.0 Å². The Labute approximate surface area is 209 Å². The summed E-state index contributed by atoms with van der Waals surface area (Å²) in [6.45, 7) is 4.58. The van der Waals surface area contributed by atoms with E-state index in [0.717, 1.165) is 12.0 Å². The Hall–Kier alpha value is -3.84. The topological polar surface area (TPSA) is 78.5 Å². The quantitative estimate of drug-likeness (QED) is 0.432. The molecule has 0 aromatic heterocycles. The molecule has 178 valence electrons. The van der Waals surface area contributed by atoms with Crippen molar-refractivity contribution in [3.8, 4) is 0 Å². The molecule has 1 fully saturated rings. The smallest absolute Gasteiger partial charge is 0.255 e. The van der Waals surface area contributed by atoms with E-state index < -0.39 is 0 Å². The lowest BCUT2D eigenvalue weighted by Crippen LogP contribution is -2.30. The number of anilines is 1. The molecule has 4 rings (SSSR count). The summed E-state index contributed by atoms with van der Waals surface area (Å²) in [6, 6.07) is 24.3. The number of rotatable bonds is 9. The number of nitrogens with zero attached hydrogens (tertiary/aromatic N) is 1. The lowest BCUT2D eigenvalue weighted by Gasteiger charge is -2.24. The first kappa shape index (κ1) is 24.3. The van der Waals surface area contributed by atoms with Crippen molar-refractivity contribution in [2.75, 3.05) is 24.2 Å². The summed E-state index contributed by atoms with van der Waals surface area (Å²) in [7, 11) is 0. The monoisotopic (exact) mass is 485 g/mol. The normalized spacial score (nSPS) is 15.0. The Morgan fingerprint density at radius 2 is 1.69 bits per heavy atom. The minimum Gasteiger partial charge on any atom is -0.349 e. The summed E-state index contributed by atoms with van der Waals surface area (Å²) in [4.78, 5) is 39.7. The standard InChI is InChI=1S/C28H27N3O3S/c1-2-17-29-27(34)23-10-6-7-11-24(23)30-26(33)21-12-14-22(15-13-21)28-31(25(32)19-35-28)18-16-20-8-4-3-5-9-20/h2-15,28H,1,16-19H2,(H,29,34)(H,30,33). The molecule has 1 saturated heterocycles. The summed E-state index contributed by atoms with van der Waals surface area (Å²) in [5, 5.41) is 5.49. The molecule has 0 spiro atoms. The Kier molecular flexibility index (Phi) is 8.00. The molecule has 0 radical (unpaired) electrons. The molecule has 2 N–H and O–H groups in total. The van der Waals surface area contributed by atoms with Crippen molar-refractivity contribution >= 4 is 35.2 Å². The molecule has 3 aromatic carbocycles. The van der Waals surface area contributed by atoms with Gasteiger partial charge in [-0.25, -0.2) is 0 Å². The van der Waals surface area contributed by atoms with Crippen LogP contribution in [0.2, 0.25) is 0 Å². The maximum Gasteiger partial charge on any atom is 0.255 e. The Morgan fingerprint density at radius 1 is 0.971 bits per heavy atom. The summed E-state index contributed by atoms with van der Waals surface area (Å²) in [5.41, 5.74) is 3.47. The Bertz CT molecular complexity index is 1210. The van der Waals surface area contributed by atoms with E-state index in [1.807, 2.05) is 35.2 Å². The highest BCUT2D eigenvalue weighted by atomic mass is 32.2. The average molecular weight is 486 g/mol. The van der Waals surface area contributed by atoms with Gasteiger partial charge in [-0.05, 0) is 41.8 Å². The predicted molar refractivity (Wildman–Crippen MR) is 140 cm³/mol. The Morgan fingerprint density at radius 3 is 2.43 bits per heavy atom. The van der Waals surface area contributed by atoms with Crippen LogP contribution in [-0.2, 0) is 11.2 Å². The zero-order chi connectivity index (χ0) is 24.6. The second-order valence-electron chi connectivity index (χ2n) is 8.11. The van der Waals surface area contributed by atoms with Crippen LogP contribution in [0.5, 0.6) is 0 Å². The first-order valence-corrected chi connectivity index (χ1v) is 12.5. The van der Waals surface area contributed by atoms with Crippen molar-refractivity contribution in [3.63, 3.8) is 0 Å². The van der Waals surface area contributed by atoms with Crippen LogP contribution in [0.4, 0.5) is 5.69 Å². The van der Waals surface area contributed by atoms with Crippen molar-refractivity contribution in [2.45, 2.75) is 11.8 Å². The van der Waals surface area contributed by atoms with Gasteiger partial charge in [0.25, 0.3) is 11.8 Å². The number of thioether (sulfide) groups is 1. The van der Waals surface area contributed by atoms with Crippen LogP contribution >= 0.6 is 11.8 Å². The highest BCUT2D eigenvalue weighted by molar-refractivity contribution is 8.00. The van der Waals surface area contributed by atoms with Crippen molar-refractivity contribution < 1.29 is 14.4 Å². The van der Waals surface area contributed by atoms with Crippen LogP contribution < -0.4 is 10.6 Å². The largest absolute Gasteiger partial charge is 0.349 e. The fourth-order valence-corrected chi connectivity index (χ4v) is 5.13. The maximum absolute atomic E-state index is 12.9. The molecule has 3 aromatic rings. The van der Waals surface area contributed by atoms with E-state index in [1.165, 1.54) is 5.56 Å². The van der Waals surface area contributed by atoms with E-state index in [-0.39, 0.29) is 23.1 Å². The number of hydrogen-bond acceptors (Lipinski definition) is 4. The molecule has 0 saturated carbocycles. The SMILES string of the molecule is C=CCNC(=O)c1ccccc1NC(=O)c1ccc(C2SCC(=O)N2CCc2ccccc2)cc1. The molecule has 1 aliphatic heterocycles. The summed E-state index contributed by atoms with van der Waals surface area (Å²) >= 11 is 1.60. The van der Waals surface area contributed by atoms with E-state index in [0.29, 0.717) is 35.7 Å². The first-order valence-electron chi connectivity index (χ1n) is 11.4. The van der Waals surface area contributed by atoms with Gasteiger partial charge in [-0.15, -0.1) is 18.3 Å². The van der Waals surface area contributed by atoms with Crippen LogP contribution in [0.15, 0.2) is 91.5 Å². The summed E-state index contributed by atoms with van der Waals surface area (Å²) in [5.74, 6) is -0.0118. The van der Waals surface area contributed by atoms with Gasteiger partial charge in [0.2, 0.25) is 5.91 Å². The van der Waals surface area contributed by atoms with Gasteiger partial charge in [0.1, 0.15) is 5.37 Å². The van der Waals surface area contributed by atoms with Gasteiger partial charge in [-0.2, -0.15) is 0 Å². The van der Waals surface area contributed by atoms with E-state index in [2.05, 4.69) is 29.3 Å². The average Bonchev–Trinajstić information content (AvgIpc) is 3.27. The number of carbonyl (C=O) groups excluding carboxylic acids is 3. The predicted octanol–water partition coefficient (Wildman–Crippen LogP) is 4.67. The van der Waals surface area contributed by atoms with Crippen LogP contribution in [0.25, 0.3) is 0 Å². The van der Waals surface area contributed by atoms with Crippen LogP contribution in [-0.4, -0.2) is 41.5 Å². The van der Waals surface area contributed by atoms with Crippen molar-refractivity contribution in [2.24, 2.45) is 0 Å². The van der Waals surface area contributed by atoms with Gasteiger partial charge in [0, 0.05) is 18.7 Å². The van der Waals surface area contributed by atoms with Gasteiger partial charge in [0.15, 0.2) is 0 Å². The summed E-state index contributed by atoms with van der Waals surface area (Å²) in [6.07, 6.45) is 2.39. The van der Waals surface area contributed by atoms with Crippen LogP contribution in [0.3, 0.4) is 0 Å². The molecule has 7 heteroatoms. The number of para-hydroxylation sites is 1. The number of amides is 3. The van der Waals surface area contributed by atoms with E-state index in [4.69, 9.17) is 0 Å². The van der Waals surface area contributed by atoms with Gasteiger partial charge >= 0.3 is 0 Å². The molecule has 3 amide bonds. The van der Waals surface area contributed by atoms with E-state index in [9.17, 15) is 14.4 Å². The molecule has 35 heavy (non-hydrogen) atoms. The molecule has 1 heterocycles. The van der Waals surface area contributed by atoms with Crippen LogP contribution in [0.1, 0.15) is 37.2 Å². The van der Waals surface area contributed by atoms with Crippen molar-refractivity contribution in [3.05, 3.63) is 114 Å². The number of carbonyl (C=O) groups is 3. The zero-order valence-electron chi connectivity index (χ0n) is 19.3. The first-order chi connectivity index (χ1) is 17.1. The maximum atomic E-state index is 12.9. The van der Waals surface area contributed by atoms with Gasteiger partial charge in [-0.1, -0.05) is 60.7 Å². The minimum atomic E-state index is -0.309. The zero-order valence-corrected chi connectivity index (χ0v) is 20.1. The fraction of sp³-hybridized carbons (Fsp3) is 0.179. The number of hydrogen-bond donors (Lipinski definition) is 2. The number of benzene rings is 3. The third-order valence-corrected chi connectivity index (χ3v) is 6.99.